The Balaban J connectivity index is 1.11. The van der Waals surface area contributed by atoms with Crippen LogP contribution in [0.25, 0.3) is 0 Å². The number of rotatable bonds is 12. The van der Waals surface area contributed by atoms with E-state index in [1.54, 1.807) is 0 Å². The van der Waals surface area contributed by atoms with Gasteiger partial charge in [-0.3, -0.25) is 9.80 Å². The monoisotopic (exact) mass is 707 g/mol. The summed E-state index contributed by atoms with van der Waals surface area (Å²) in [4.78, 5) is 15.7. The number of aromatic nitrogens is 1. The van der Waals surface area contributed by atoms with Gasteiger partial charge in [0.2, 0.25) is 11.8 Å². The molecule has 3 aromatic carbocycles. The van der Waals surface area contributed by atoms with Gasteiger partial charge in [-0.05, 0) is 92.8 Å². The van der Waals surface area contributed by atoms with E-state index in [1.165, 1.54) is 55.2 Å². The second-order valence-electron chi connectivity index (χ2n) is 15.9. The summed E-state index contributed by atoms with van der Waals surface area (Å²) in [6, 6.07) is 30.9. The Bertz CT molecular complexity index is 1620. The van der Waals surface area contributed by atoms with Crippen molar-refractivity contribution in [2.24, 2.45) is 17.8 Å². The highest BCUT2D eigenvalue weighted by Gasteiger charge is 2.36. The third kappa shape index (κ3) is 9.26. The van der Waals surface area contributed by atoms with Crippen molar-refractivity contribution >= 4 is 17.5 Å². The van der Waals surface area contributed by atoms with Gasteiger partial charge in [0.25, 0.3) is 0 Å². The second kappa shape index (κ2) is 17.1. The van der Waals surface area contributed by atoms with E-state index in [-0.39, 0.29) is 6.04 Å². The fourth-order valence-corrected chi connectivity index (χ4v) is 9.18. The van der Waals surface area contributed by atoms with Gasteiger partial charge in [-0.15, -0.1) is 0 Å². The summed E-state index contributed by atoms with van der Waals surface area (Å²) < 4.78 is 7.04. The summed E-state index contributed by atoms with van der Waals surface area (Å²) in [5, 5.41) is 0.809. The zero-order chi connectivity index (χ0) is 35.2. The van der Waals surface area contributed by atoms with E-state index in [4.69, 9.17) is 21.0 Å². The highest BCUT2D eigenvalue weighted by Crippen LogP contribution is 2.44. The highest BCUT2D eigenvalue weighted by molar-refractivity contribution is 6.30. The van der Waals surface area contributed by atoms with E-state index >= 15 is 0 Å². The Morgan fingerprint density at radius 1 is 0.765 bits per heavy atom. The van der Waals surface area contributed by atoms with Crippen molar-refractivity contribution in [3.05, 3.63) is 118 Å². The summed E-state index contributed by atoms with van der Waals surface area (Å²) in [6.07, 6.45) is 9.34. The van der Waals surface area contributed by atoms with Crippen LogP contribution in [0, 0.1) is 17.8 Å². The normalized spacial score (nSPS) is 22.3. The van der Waals surface area contributed by atoms with E-state index in [0.717, 1.165) is 87.1 Å². The molecule has 0 spiro atoms. The lowest BCUT2D eigenvalue weighted by Gasteiger charge is -2.41. The second-order valence-corrected chi connectivity index (χ2v) is 16.4. The molecule has 3 heterocycles. The van der Waals surface area contributed by atoms with Gasteiger partial charge in [0.15, 0.2) is 0 Å². The van der Waals surface area contributed by atoms with Crippen LogP contribution in [-0.2, 0) is 13.0 Å². The Hall–Kier alpha value is -3.16. The van der Waals surface area contributed by atoms with Gasteiger partial charge in [-0.25, -0.2) is 4.98 Å². The summed E-state index contributed by atoms with van der Waals surface area (Å²) in [6.45, 7) is 9.71. The van der Waals surface area contributed by atoms with Gasteiger partial charge in [0, 0.05) is 63.3 Å². The molecule has 6 nitrogen and oxygen atoms in total. The Kier molecular flexibility index (Phi) is 12.1. The van der Waals surface area contributed by atoms with E-state index < -0.39 is 0 Å². The predicted octanol–water partition coefficient (Wildman–Crippen LogP) is 9.51. The minimum Gasteiger partial charge on any atom is -0.423 e. The first-order valence-corrected chi connectivity index (χ1v) is 20.0. The maximum absolute atomic E-state index is 7.04. The van der Waals surface area contributed by atoms with E-state index in [2.05, 4.69) is 113 Å². The zero-order valence-electron chi connectivity index (χ0n) is 31.1. The third-order valence-electron chi connectivity index (χ3n) is 12.0. The lowest BCUT2D eigenvalue weighted by Crippen LogP contribution is -2.47. The van der Waals surface area contributed by atoms with Crippen molar-refractivity contribution in [3.63, 3.8) is 0 Å². The van der Waals surface area contributed by atoms with E-state index in [9.17, 15) is 0 Å². The number of benzene rings is 3. The summed E-state index contributed by atoms with van der Waals surface area (Å²) in [5.74, 6) is 4.03. The zero-order valence-corrected chi connectivity index (χ0v) is 31.9. The van der Waals surface area contributed by atoms with Crippen LogP contribution < -0.4 is 4.90 Å². The number of oxazole rings is 1. The van der Waals surface area contributed by atoms with Crippen LogP contribution in [0.2, 0.25) is 5.02 Å². The first-order valence-electron chi connectivity index (χ1n) is 19.6. The molecular weight excluding hydrogens is 650 g/mol. The van der Waals surface area contributed by atoms with Crippen LogP contribution in [0.5, 0.6) is 0 Å². The quantitative estimate of drug-likeness (QED) is 0.146. The molecule has 3 aliphatic rings. The standard InChI is InChI=1S/C44H58ClN5O/c1-33-22-24-50(25-23-33)44-40(30-34-10-6-4-7-11-34)46-43(51-44)41(49-28-26-48(27-29-49)32-36-12-8-5-9-13-36)31-35-14-16-37(17-15-35)42(47(2)3)38-18-20-39(45)21-19-38/h4-13,18-21,33,35,37,41-42H,14-17,22-32H2,1-3H3. The fourth-order valence-electron chi connectivity index (χ4n) is 9.06. The fraction of sp³-hybridized carbons (Fsp3) is 0.523. The molecule has 2 aliphatic heterocycles. The van der Waals surface area contributed by atoms with Crippen molar-refractivity contribution in [1.82, 2.24) is 19.7 Å². The Morgan fingerprint density at radius 2 is 1.39 bits per heavy atom. The molecule has 0 N–H and O–H groups in total. The van der Waals surface area contributed by atoms with Gasteiger partial charge in [0.05, 0.1) is 6.04 Å². The van der Waals surface area contributed by atoms with Gasteiger partial charge in [-0.1, -0.05) is 104 Å². The van der Waals surface area contributed by atoms with Crippen molar-refractivity contribution in [3.8, 4) is 0 Å². The minimum atomic E-state index is 0.193. The van der Waals surface area contributed by atoms with E-state index in [0.29, 0.717) is 17.9 Å². The number of anilines is 1. The summed E-state index contributed by atoms with van der Waals surface area (Å²) in [5.41, 5.74) is 5.18. The lowest BCUT2D eigenvalue weighted by molar-refractivity contribution is 0.0593. The molecule has 0 radical (unpaired) electrons. The Morgan fingerprint density at radius 3 is 2.02 bits per heavy atom. The molecule has 51 heavy (non-hydrogen) atoms. The molecule has 2 atom stereocenters. The third-order valence-corrected chi connectivity index (χ3v) is 12.3. The molecule has 0 amide bonds. The SMILES string of the molecule is CC1CCN(c2oc(C(CC3CCC(C(c4ccc(Cl)cc4)N(C)C)CC3)N3CCN(Cc4ccccc4)CC3)nc2Cc2ccccc2)CC1. The molecule has 0 bridgehead atoms. The van der Waals surface area contributed by atoms with Crippen LogP contribution in [0.15, 0.2) is 89.3 Å². The summed E-state index contributed by atoms with van der Waals surface area (Å²) >= 11 is 6.27. The number of piperidine rings is 1. The van der Waals surface area contributed by atoms with Gasteiger partial charge in [-0.2, -0.15) is 0 Å². The van der Waals surface area contributed by atoms with Crippen molar-refractivity contribution in [2.75, 3.05) is 58.3 Å². The van der Waals surface area contributed by atoms with Crippen molar-refractivity contribution in [1.29, 1.82) is 0 Å². The average Bonchev–Trinajstić information content (AvgIpc) is 3.56. The molecular formula is C44H58ClN5O. The molecule has 2 unspecified atom stereocenters. The van der Waals surface area contributed by atoms with Crippen LogP contribution in [0.3, 0.4) is 0 Å². The topological polar surface area (TPSA) is 39.0 Å². The van der Waals surface area contributed by atoms with Crippen LogP contribution in [0.4, 0.5) is 5.88 Å². The first-order chi connectivity index (χ1) is 24.9. The van der Waals surface area contributed by atoms with Gasteiger partial charge in [0.1, 0.15) is 5.69 Å². The van der Waals surface area contributed by atoms with Crippen LogP contribution in [-0.4, -0.2) is 73.0 Å². The largest absolute Gasteiger partial charge is 0.423 e. The average molecular weight is 708 g/mol. The first kappa shape index (κ1) is 36.2. The maximum Gasteiger partial charge on any atom is 0.219 e. The van der Waals surface area contributed by atoms with Crippen LogP contribution in [0.1, 0.15) is 92.2 Å². The minimum absolute atomic E-state index is 0.193. The molecule has 272 valence electrons. The molecule has 7 heteroatoms. The van der Waals surface area contributed by atoms with Gasteiger partial charge >= 0.3 is 0 Å². The van der Waals surface area contributed by atoms with Crippen molar-refractivity contribution in [2.45, 2.75) is 76.9 Å². The van der Waals surface area contributed by atoms with Crippen molar-refractivity contribution < 1.29 is 4.42 Å². The number of hydrogen-bond acceptors (Lipinski definition) is 6. The lowest BCUT2D eigenvalue weighted by atomic mass is 9.74. The molecule has 2 saturated heterocycles. The molecule has 1 aromatic heterocycles. The molecule has 4 aromatic rings. The number of piperazine rings is 1. The molecule has 1 aliphatic carbocycles. The number of hydrogen-bond donors (Lipinski definition) is 0. The highest BCUT2D eigenvalue weighted by atomic mass is 35.5. The van der Waals surface area contributed by atoms with E-state index in [1.807, 2.05) is 12.1 Å². The van der Waals surface area contributed by atoms with Crippen LogP contribution >= 0.6 is 11.6 Å². The molecule has 7 rings (SSSR count). The Labute approximate surface area is 311 Å². The number of halogens is 1. The van der Waals surface area contributed by atoms with Gasteiger partial charge < -0.3 is 14.2 Å². The summed E-state index contributed by atoms with van der Waals surface area (Å²) in [7, 11) is 4.46. The maximum atomic E-state index is 7.04. The molecule has 3 fully saturated rings. The molecule has 1 saturated carbocycles. The number of nitrogens with zero attached hydrogens (tertiary/aromatic N) is 5. The predicted molar refractivity (Wildman–Crippen MR) is 210 cm³/mol. The smallest absolute Gasteiger partial charge is 0.219 e.